The first-order valence-electron chi connectivity index (χ1n) is 5.10. The molecule has 1 aromatic rings. The molecule has 15 heavy (non-hydrogen) atoms. The Morgan fingerprint density at radius 3 is 3.00 bits per heavy atom. The van der Waals surface area contributed by atoms with Crippen molar-refractivity contribution < 1.29 is 9.57 Å². The first-order chi connectivity index (χ1) is 7.29. The van der Waals surface area contributed by atoms with Gasteiger partial charge in [-0.3, -0.25) is 4.84 Å². The molecule has 1 aromatic carbocycles. The summed E-state index contributed by atoms with van der Waals surface area (Å²) in [6.45, 7) is 2.60. The average Bonchev–Trinajstić information content (AvgIpc) is 2.71. The Bertz CT molecular complexity index is 335. The highest BCUT2D eigenvalue weighted by Crippen LogP contribution is 2.23. The second kappa shape index (κ2) is 4.51. The van der Waals surface area contributed by atoms with Crippen molar-refractivity contribution in [3.63, 3.8) is 0 Å². The zero-order valence-electron chi connectivity index (χ0n) is 8.90. The van der Waals surface area contributed by atoms with Crippen molar-refractivity contribution in [1.82, 2.24) is 5.06 Å². The summed E-state index contributed by atoms with van der Waals surface area (Å²) in [4.78, 5) is 5.41. The molecule has 0 bridgehead atoms. The molecule has 0 aliphatic carbocycles. The predicted octanol–water partition coefficient (Wildman–Crippen LogP) is 1.41. The number of hydrogen-bond acceptors (Lipinski definition) is 4. The van der Waals surface area contributed by atoms with Gasteiger partial charge in [0.1, 0.15) is 5.75 Å². The van der Waals surface area contributed by atoms with E-state index in [1.165, 1.54) is 0 Å². The van der Waals surface area contributed by atoms with Crippen molar-refractivity contribution in [3.05, 3.63) is 23.8 Å². The lowest BCUT2D eigenvalue weighted by Crippen LogP contribution is -2.17. The van der Waals surface area contributed by atoms with Crippen molar-refractivity contribution in [2.45, 2.75) is 13.0 Å². The third-order valence-electron chi connectivity index (χ3n) is 2.48. The smallest absolute Gasteiger partial charge is 0.141 e. The Kier molecular flexibility index (Phi) is 3.08. The quantitative estimate of drug-likeness (QED) is 0.763. The first kappa shape index (κ1) is 10.3. The lowest BCUT2D eigenvalue weighted by molar-refractivity contribution is -0.117. The molecule has 4 nitrogen and oxygen atoms in total. The first-order valence-corrected chi connectivity index (χ1v) is 5.10. The van der Waals surface area contributed by atoms with Gasteiger partial charge in [-0.15, -0.1) is 0 Å². The topological polar surface area (TPSA) is 47.7 Å². The molecule has 1 fully saturated rings. The number of hydrogen-bond donors (Lipinski definition) is 1. The molecule has 1 aliphatic rings. The summed E-state index contributed by atoms with van der Waals surface area (Å²) in [5.74, 6) is 0.723. The van der Waals surface area contributed by atoms with E-state index in [9.17, 15) is 0 Å². The molecular weight excluding hydrogens is 192 g/mol. The van der Waals surface area contributed by atoms with Gasteiger partial charge in [-0.05, 0) is 24.1 Å². The molecular formula is C11H16N2O2. The minimum Gasteiger partial charge on any atom is -0.495 e. The normalized spacial score (nSPS) is 16.9. The number of rotatable bonds is 3. The summed E-state index contributed by atoms with van der Waals surface area (Å²) in [7, 11) is 1.62. The minimum atomic E-state index is 0.675. The molecule has 2 rings (SSSR count). The maximum atomic E-state index is 5.82. The standard InChI is InChI=1S/C11H16N2O2/c1-14-11-4-3-9(7-10(11)12)8-13-5-2-6-15-13/h3-4,7H,2,5-6,8,12H2,1H3. The van der Waals surface area contributed by atoms with Crippen LogP contribution in [0.5, 0.6) is 5.75 Å². The number of benzene rings is 1. The van der Waals surface area contributed by atoms with Crippen LogP contribution in [-0.4, -0.2) is 25.3 Å². The van der Waals surface area contributed by atoms with E-state index in [2.05, 4.69) is 0 Å². The van der Waals surface area contributed by atoms with Crippen LogP contribution in [0.1, 0.15) is 12.0 Å². The number of hydroxylamine groups is 2. The monoisotopic (exact) mass is 208 g/mol. The van der Waals surface area contributed by atoms with Crippen molar-refractivity contribution in [2.75, 3.05) is 26.0 Å². The highest BCUT2D eigenvalue weighted by Gasteiger charge is 2.13. The molecule has 0 aromatic heterocycles. The van der Waals surface area contributed by atoms with Gasteiger partial charge in [0.15, 0.2) is 0 Å². The van der Waals surface area contributed by atoms with Crippen LogP contribution in [-0.2, 0) is 11.4 Å². The fraction of sp³-hybridized carbons (Fsp3) is 0.455. The van der Waals surface area contributed by atoms with Crippen molar-refractivity contribution >= 4 is 5.69 Å². The molecule has 1 saturated heterocycles. The fourth-order valence-electron chi connectivity index (χ4n) is 1.71. The predicted molar refractivity (Wildman–Crippen MR) is 58.4 cm³/mol. The van der Waals surface area contributed by atoms with Gasteiger partial charge in [0.05, 0.1) is 19.4 Å². The largest absolute Gasteiger partial charge is 0.495 e. The summed E-state index contributed by atoms with van der Waals surface area (Å²) in [5, 5.41) is 1.96. The molecule has 4 heteroatoms. The highest BCUT2D eigenvalue weighted by atomic mass is 16.7. The number of nitrogen functional groups attached to an aromatic ring is 1. The summed E-state index contributed by atoms with van der Waals surface area (Å²) in [6, 6.07) is 5.83. The Hall–Kier alpha value is -1.26. The van der Waals surface area contributed by atoms with E-state index in [1.807, 2.05) is 23.3 Å². The Balaban J connectivity index is 2.05. The Morgan fingerprint density at radius 2 is 2.40 bits per heavy atom. The lowest BCUT2D eigenvalue weighted by atomic mass is 10.2. The van der Waals surface area contributed by atoms with Crippen molar-refractivity contribution in [2.24, 2.45) is 0 Å². The van der Waals surface area contributed by atoms with Gasteiger partial charge in [-0.2, -0.15) is 5.06 Å². The van der Waals surface area contributed by atoms with Crippen LogP contribution in [0.25, 0.3) is 0 Å². The van der Waals surface area contributed by atoms with Gasteiger partial charge < -0.3 is 10.5 Å². The number of anilines is 1. The van der Waals surface area contributed by atoms with Crippen LogP contribution in [0.2, 0.25) is 0 Å². The van der Waals surface area contributed by atoms with Crippen molar-refractivity contribution in [1.29, 1.82) is 0 Å². The highest BCUT2D eigenvalue weighted by molar-refractivity contribution is 5.54. The van der Waals surface area contributed by atoms with Gasteiger partial charge in [-0.1, -0.05) is 6.07 Å². The molecule has 0 radical (unpaired) electrons. The maximum absolute atomic E-state index is 5.82. The Morgan fingerprint density at radius 1 is 1.53 bits per heavy atom. The molecule has 0 amide bonds. The van der Waals surface area contributed by atoms with E-state index in [0.717, 1.165) is 37.4 Å². The third-order valence-corrected chi connectivity index (χ3v) is 2.48. The third kappa shape index (κ3) is 2.40. The van der Waals surface area contributed by atoms with Crippen LogP contribution < -0.4 is 10.5 Å². The van der Waals surface area contributed by atoms with E-state index in [1.54, 1.807) is 7.11 Å². The van der Waals surface area contributed by atoms with Crippen LogP contribution in [0, 0.1) is 0 Å². The second-order valence-electron chi connectivity index (χ2n) is 3.63. The molecule has 2 N–H and O–H groups in total. The van der Waals surface area contributed by atoms with E-state index in [-0.39, 0.29) is 0 Å². The molecule has 0 spiro atoms. The van der Waals surface area contributed by atoms with Gasteiger partial charge >= 0.3 is 0 Å². The fourth-order valence-corrected chi connectivity index (χ4v) is 1.71. The number of methoxy groups -OCH3 is 1. The van der Waals surface area contributed by atoms with E-state index >= 15 is 0 Å². The zero-order chi connectivity index (χ0) is 10.7. The van der Waals surface area contributed by atoms with Gasteiger partial charge in [0.25, 0.3) is 0 Å². The van der Waals surface area contributed by atoms with Gasteiger partial charge in [0.2, 0.25) is 0 Å². The van der Waals surface area contributed by atoms with Crippen LogP contribution in [0.4, 0.5) is 5.69 Å². The summed E-state index contributed by atoms with van der Waals surface area (Å²) < 4.78 is 5.10. The zero-order valence-corrected chi connectivity index (χ0v) is 8.90. The summed E-state index contributed by atoms with van der Waals surface area (Å²) in [5.41, 5.74) is 7.65. The van der Waals surface area contributed by atoms with E-state index in [0.29, 0.717) is 5.69 Å². The molecule has 0 unspecified atom stereocenters. The van der Waals surface area contributed by atoms with Crippen LogP contribution in [0.15, 0.2) is 18.2 Å². The minimum absolute atomic E-state index is 0.675. The van der Waals surface area contributed by atoms with Crippen LogP contribution in [0.3, 0.4) is 0 Å². The average molecular weight is 208 g/mol. The number of nitrogens with zero attached hydrogens (tertiary/aromatic N) is 1. The molecule has 0 atom stereocenters. The van der Waals surface area contributed by atoms with E-state index in [4.69, 9.17) is 15.3 Å². The molecule has 1 heterocycles. The Labute approximate surface area is 89.5 Å². The van der Waals surface area contributed by atoms with Crippen molar-refractivity contribution in [3.8, 4) is 5.75 Å². The summed E-state index contributed by atoms with van der Waals surface area (Å²) in [6.07, 6.45) is 1.10. The van der Waals surface area contributed by atoms with Gasteiger partial charge in [-0.25, -0.2) is 0 Å². The lowest BCUT2D eigenvalue weighted by Gasteiger charge is -2.14. The number of ether oxygens (including phenoxy) is 1. The summed E-state index contributed by atoms with van der Waals surface area (Å²) >= 11 is 0. The SMILES string of the molecule is COc1ccc(CN2CCCO2)cc1N. The van der Waals surface area contributed by atoms with Crippen LogP contribution >= 0.6 is 0 Å². The van der Waals surface area contributed by atoms with Gasteiger partial charge in [0, 0.05) is 13.1 Å². The molecule has 1 aliphatic heterocycles. The second-order valence-corrected chi connectivity index (χ2v) is 3.63. The molecule has 82 valence electrons. The molecule has 0 saturated carbocycles. The maximum Gasteiger partial charge on any atom is 0.141 e. The number of nitrogens with two attached hydrogens (primary N) is 1. The van der Waals surface area contributed by atoms with E-state index < -0.39 is 0 Å².